The van der Waals surface area contributed by atoms with Crippen LogP contribution in [0.4, 0.5) is 18.9 Å². The number of alkyl halides is 3. The van der Waals surface area contributed by atoms with Crippen molar-refractivity contribution < 1.29 is 22.8 Å². The lowest BCUT2D eigenvalue weighted by Gasteiger charge is -2.33. The van der Waals surface area contributed by atoms with Crippen LogP contribution in [0.25, 0.3) is 0 Å². The first-order valence-corrected chi connectivity index (χ1v) is 12.6. The molecule has 1 aliphatic heterocycles. The molecule has 2 amide bonds. The van der Waals surface area contributed by atoms with Crippen molar-refractivity contribution in [2.45, 2.75) is 58.2 Å². The van der Waals surface area contributed by atoms with Crippen LogP contribution in [0.2, 0.25) is 0 Å². The largest absolute Gasteiger partial charge is 0.433 e. The van der Waals surface area contributed by atoms with E-state index in [-0.39, 0.29) is 17.5 Å². The highest BCUT2D eigenvalue weighted by Crippen LogP contribution is 2.27. The number of aromatic nitrogens is 1. The molecule has 2 aromatic rings. The third-order valence-electron chi connectivity index (χ3n) is 6.52. The smallest absolute Gasteiger partial charge is 0.346 e. The molecule has 1 aromatic heterocycles. The van der Waals surface area contributed by atoms with Crippen LogP contribution < -0.4 is 5.32 Å². The lowest BCUT2D eigenvalue weighted by molar-refractivity contribution is -0.141. The molecule has 0 atom stereocenters. The topological polar surface area (TPSA) is 65.5 Å². The van der Waals surface area contributed by atoms with E-state index in [4.69, 9.17) is 0 Å². The monoisotopic (exact) mass is 504 g/mol. The number of anilines is 1. The molecule has 0 aliphatic carbocycles. The molecule has 0 bridgehead atoms. The first-order chi connectivity index (χ1) is 17.2. The summed E-state index contributed by atoms with van der Waals surface area (Å²) in [6.07, 6.45) is 1.60. The molecule has 0 radical (unpaired) electrons. The highest BCUT2D eigenvalue weighted by Gasteiger charge is 2.33. The van der Waals surface area contributed by atoms with Gasteiger partial charge in [0.05, 0.1) is 0 Å². The molecule has 0 spiro atoms. The summed E-state index contributed by atoms with van der Waals surface area (Å²) >= 11 is 0. The predicted octanol–water partition coefficient (Wildman–Crippen LogP) is 5.60. The zero-order valence-corrected chi connectivity index (χ0v) is 21.0. The number of halogens is 3. The van der Waals surface area contributed by atoms with E-state index in [0.717, 1.165) is 56.9 Å². The summed E-state index contributed by atoms with van der Waals surface area (Å²) in [5.41, 5.74) is 0.0693. The number of nitrogens with one attached hydrogen (secondary N) is 1. The molecule has 36 heavy (non-hydrogen) atoms. The van der Waals surface area contributed by atoms with Crippen molar-refractivity contribution in [3.63, 3.8) is 0 Å². The van der Waals surface area contributed by atoms with Crippen molar-refractivity contribution >= 4 is 17.5 Å². The second kappa shape index (κ2) is 12.9. The Kier molecular flexibility index (Phi) is 9.87. The molecular weight excluding hydrogens is 469 g/mol. The van der Waals surface area contributed by atoms with Gasteiger partial charge in [-0.15, -0.1) is 0 Å². The molecule has 1 N–H and O–H groups in total. The molecule has 1 saturated heterocycles. The first kappa shape index (κ1) is 27.6. The zero-order valence-electron chi connectivity index (χ0n) is 21.0. The third-order valence-corrected chi connectivity index (χ3v) is 6.52. The second-order valence-electron chi connectivity index (χ2n) is 9.43. The number of unbranched alkanes of at least 4 members (excludes halogenated alkanes) is 3. The Morgan fingerprint density at radius 3 is 2.50 bits per heavy atom. The number of benzene rings is 1. The number of hydrogen-bond donors (Lipinski definition) is 1. The number of carbonyl (C=O) groups is 2. The summed E-state index contributed by atoms with van der Waals surface area (Å²) in [4.78, 5) is 32.8. The molecule has 1 fully saturated rings. The fourth-order valence-electron chi connectivity index (χ4n) is 4.46. The van der Waals surface area contributed by atoms with Crippen LogP contribution in [0, 0.1) is 5.92 Å². The van der Waals surface area contributed by atoms with Crippen molar-refractivity contribution in [2.24, 2.45) is 5.92 Å². The van der Waals surface area contributed by atoms with E-state index in [2.05, 4.69) is 22.1 Å². The number of carbonyl (C=O) groups excluding carboxylic acids is 2. The lowest BCUT2D eigenvalue weighted by Crippen LogP contribution is -2.41. The first-order valence-electron chi connectivity index (χ1n) is 12.6. The van der Waals surface area contributed by atoms with Gasteiger partial charge in [0.2, 0.25) is 5.91 Å². The summed E-state index contributed by atoms with van der Waals surface area (Å²) in [6.45, 7) is 5.27. The molecule has 2 heterocycles. The van der Waals surface area contributed by atoms with Crippen molar-refractivity contribution in [2.75, 3.05) is 32.0 Å². The summed E-state index contributed by atoms with van der Waals surface area (Å²) < 4.78 is 38.7. The van der Waals surface area contributed by atoms with Gasteiger partial charge in [0.25, 0.3) is 5.91 Å². The van der Waals surface area contributed by atoms with Crippen LogP contribution in [0.5, 0.6) is 0 Å². The van der Waals surface area contributed by atoms with E-state index in [1.807, 2.05) is 24.1 Å². The Labute approximate surface area is 210 Å². The molecule has 0 saturated carbocycles. The molecule has 9 heteroatoms. The number of rotatable bonds is 10. The fourth-order valence-corrected chi connectivity index (χ4v) is 4.46. The molecule has 196 valence electrons. The van der Waals surface area contributed by atoms with Gasteiger partial charge >= 0.3 is 6.18 Å². The highest BCUT2D eigenvalue weighted by molar-refractivity contribution is 6.02. The van der Waals surface area contributed by atoms with E-state index < -0.39 is 17.8 Å². The van der Waals surface area contributed by atoms with E-state index in [9.17, 15) is 22.8 Å². The summed E-state index contributed by atoms with van der Waals surface area (Å²) in [5, 5.41) is 2.64. The Bertz CT molecular complexity index is 1020. The predicted molar refractivity (Wildman–Crippen MR) is 133 cm³/mol. The number of piperidine rings is 1. The maximum atomic E-state index is 12.9. The Balaban J connectivity index is 1.50. The Morgan fingerprint density at radius 1 is 1.08 bits per heavy atom. The SMILES string of the molecule is CCCCCCN(C)C(=O)C1CCN(Cc2cccc(NC(=O)c3cccc(C(F)(F)F)n3)c2)CC1. The number of amides is 2. The van der Waals surface area contributed by atoms with Gasteiger partial charge in [-0.3, -0.25) is 14.5 Å². The zero-order chi connectivity index (χ0) is 26.1. The van der Waals surface area contributed by atoms with Crippen molar-refractivity contribution in [1.82, 2.24) is 14.8 Å². The van der Waals surface area contributed by atoms with Gasteiger partial charge < -0.3 is 10.2 Å². The fraction of sp³-hybridized carbons (Fsp3) is 0.519. The van der Waals surface area contributed by atoms with Crippen LogP contribution in [0.3, 0.4) is 0 Å². The molecule has 0 unspecified atom stereocenters. The van der Waals surface area contributed by atoms with E-state index >= 15 is 0 Å². The second-order valence-corrected chi connectivity index (χ2v) is 9.43. The maximum Gasteiger partial charge on any atom is 0.433 e. The van der Waals surface area contributed by atoms with Crippen LogP contribution in [0.15, 0.2) is 42.5 Å². The molecule has 3 rings (SSSR count). The average Bonchev–Trinajstić information content (AvgIpc) is 2.86. The van der Waals surface area contributed by atoms with Crippen LogP contribution in [0.1, 0.15) is 67.2 Å². The van der Waals surface area contributed by atoms with Gasteiger partial charge in [-0.1, -0.05) is 44.4 Å². The van der Waals surface area contributed by atoms with Gasteiger partial charge in [0.15, 0.2) is 0 Å². The lowest BCUT2D eigenvalue weighted by atomic mass is 9.95. The minimum atomic E-state index is -4.61. The van der Waals surface area contributed by atoms with Gasteiger partial charge in [-0.05, 0) is 62.2 Å². The molecule has 1 aliphatic rings. The average molecular weight is 505 g/mol. The van der Waals surface area contributed by atoms with Crippen LogP contribution in [-0.4, -0.2) is 53.3 Å². The van der Waals surface area contributed by atoms with Gasteiger partial charge in [0, 0.05) is 31.7 Å². The number of nitrogens with zero attached hydrogens (tertiary/aromatic N) is 3. The number of hydrogen-bond acceptors (Lipinski definition) is 4. The van der Waals surface area contributed by atoms with Gasteiger partial charge in [0.1, 0.15) is 11.4 Å². The highest BCUT2D eigenvalue weighted by atomic mass is 19.4. The van der Waals surface area contributed by atoms with E-state index in [1.165, 1.54) is 25.0 Å². The normalized spacial score (nSPS) is 15.0. The molecular formula is C27H35F3N4O2. The molecule has 6 nitrogen and oxygen atoms in total. The summed E-state index contributed by atoms with van der Waals surface area (Å²) in [5.74, 6) is -0.404. The van der Waals surface area contributed by atoms with E-state index in [1.54, 1.807) is 12.1 Å². The summed E-state index contributed by atoms with van der Waals surface area (Å²) in [7, 11) is 1.90. The minimum absolute atomic E-state index is 0.0583. The van der Waals surface area contributed by atoms with Crippen LogP contribution in [-0.2, 0) is 17.5 Å². The Morgan fingerprint density at radius 2 is 1.81 bits per heavy atom. The van der Waals surface area contributed by atoms with Crippen molar-refractivity contribution in [1.29, 1.82) is 0 Å². The number of pyridine rings is 1. The Hall–Kier alpha value is -2.94. The minimum Gasteiger partial charge on any atom is -0.346 e. The number of likely N-dealkylation sites (tertiary alicyclic amines) is 1. The third kappa shape index (κ3) is 8.05. The standard InChI is InChI=1S/C27H35F3N4O2/c1-3-4-5-6-15-33(2)26(36)21-13-16-34(17-14-21)19-20-9-7-10-22(18-20)31-25(35)23-11-8-12-24(32-23)27(28,29)30/h7-12,18,21H,3-6,13-17,19H2,1-2H3,(H,31,35). The van der Waals surface area contributed by atoms with Gasteiger partial charge in [-0.2, -0.15) is 13.2 Å². The molecule has 1 aromatic carbocycles. The van der Waals surface area contributed by atoms with Crippen molar-refractivity contribution in [3.05, 3.63) is 59.4 Å². The quantitative estimate of drug-likeness (QED) is 0.428. The maximum absolute atomic E-state index is 12.9. The van der Waals surface area contributed by atoms with Crippen LogP contribution >= 0.6 is 0 Å². The summed E-state index contributed by atoms with van der Waals surface area (Å²) in [6, 6.07) is 10.5. The van der Waals surface area contributed by atoms with Gasteiger partial charge in [-0.25, -0.2) is 4.98 Å². The van der Waals surface area contributed by atoms with E-state index in [0.29, 0.717) is 12.2 Å². The van der Waals surface area contributed by atoms with Crippen molar-refractivity contribution in [3.8, 4) is 0 Å².